The number of hydrogen-bond donors (Lipinski definition) is 2. The van der Waals surface area contributed by atoms with E-state index < -0.39 is 11.6 Å². The van der Waals surface area contributed by atoms with E-state index in [-0.39, 0.29) is 24.9 Å². The summed E-state index contributed by atoms with van der Waals surface area (Å²) in [4.78, 5) is 16.8. The van der Waals surface area contributed by atoms with Gasteiger partial charge in [-0.15, -0.1) is 0 Å². The number of morpholine rings is 1. The number of aromatic hydroxyl groups is 1. The molecule has 144 valence electrons. The Kier molecular flexibility index (Phi) is 6.45. The van der Waals surface area contributed by atoms with Crippen LogP contribution < -0.4 is 0 Å². The monoisotopic (exact) mass is 366 g/mol. The molecule has 0 saturated carbocycles. The van der Waals surface area contributed by atoms with Crippen LogP contribution in [0.15, 0.2) is 18.2 Å². The predicted molar refractivity (Wildman–Crippen MR) is 94.3 cm³/mol. The molecule has 0 bridgehead atoms. The van der Waals surface area contributed by atoms with Gasteiger partial charge >= 0.3 is 0 Å². The molecule has 3 rings (SSSR count). The lowest BCUT2D eigenvalue weighted by atomic mass is 9.88. The predicted octanol–water partition coefficient (Wildman–Crippen LogP) is 0.863. The fraction of sp³-hybridized carbons (Fsp3) is 0.632. The van der Waals surface area contributed by atoms with Crippen LogP contribution in [0.25, 0.3) is 0 Å². The summed E-state index contributed by atoms with van der Waals surface area (Å²) in [6.45, 7) is 5.45. The number of halogens is 1. The molecule has 0 spiro atoms. The van der Waals surface area contributed by atoms with Crippen LogP contribution in [0, 0.1) is 17.7 Å². The molecule has 2 N–H and O–H groups in total. The molecule has 2 atom stereocenters. The summed E-state index contributed by atoms with van der Waals surface area (Å²) >= 11 is 0. The summed E-state index contributed by atoms with van der Waals surface area (Å²) in [5.41, 5.74) is 0.543. The van der Waals surface area contributed by atoms with Gasteiger partial charge in [-0.25, -0.2) is 4.39 Å². The Bertz CT molecular complexity index is 622. The summed E-state index contributed by atoms with van der Waals surface area (Å²) in [6, 6.07) is 4.03. The topological polar surface area (TPSA) is 73.2 Å². The van der Waals surface area contributed by atoms with Gasteiger partial charge in [0.2, 0.25) is 5.91 Å². The van der Waals surface area contributed by atoms with Gasteiger partial charge in [-0.1, -0.05) is 6.07 Å². The van der Waals surface area contributed by atoms with Gasteiger partial charge in [0.25, 0.3) is 0 Å². The minimum absolute atomic E-state index is 0.0667. The first-order chi connectivity index (χ1) is 12.5. The number of phenolic OH excluding ortho intramolecular Hbond substituents is 1. The minimum Gasteiger partial charge on any atom is -0.505 e. The van der Waals surface area contributed by atoms with Crippen LogP contribution >= 0.6 is 0 Å². The Morgan fingerprint density at radius 2 is 1.96 bits per heavy atom. The third kappa shape index (κ3) is 4.93. The zero-order valence-corrected chi connectivity index (χ0v) is 14.9. The number of aliphatic hydroxyl groups is 1. The quantitative estimate of drug-likeness (QED) is 0.809. The maximum Gasteiger partial charge on any atom is 0.227 e. The van der Waals surface area contributed by atoms with Crippen LogP contribution in [-0.4, -0.2) is 78.5 Å². The van der Waals surface area contributed by atoms with E-state index in [0.717, 1.165) is 39.3 Å². The number of rotatable bonds is 5. The van der Waals surface area contributed by atoms with Gasteiger partial charge in [0.15, 0.2) is 11.6 Å². The van der Waals surface area contributed by atoms with Crippen LogP contribution in [-0.2, 0) is 16.0 Å². The summed E-state index contributed by atoms with van der Waals surface area (Å²) in [6.07, 6.45) is 1.01. The van der Waals surface area contributed by atoms with Gasteiger partial charge in [0.1, 0.15) is 0 Å². The highest BCUT2D eigenvalue weighted by atomic mass is 19.1. The number of carbonyl (C=O) groups excluding carboxylic acids is 1. The number of benzene rings is 1. The molecule has 2 unspecified atom stereocenters. The van der Waals surface area contributed by atoms with Crippen molar-refractivity contribution in [2.45, 2.75) is 12.8 Å². The number of ether oxygens (including phenoxy) is 1. The molecular weight excluding hydrogens is 339 g/mol. The smallest absolute Gasteiger partial charge is 0.227 e. The standard InChI is InChI=1S/C19H27FN2O4/c20-17-8-14(1-2-18(17)24)9-19(25)22-11-15(7-16(12-22)13-23)10-21-3-5-26-6-4-21/h1-2,8,15-16,23-24H,3-7,9-13H2. The van der Waals surface area contributed by atoms with Crippen LogP contribution in [0.1, 0.15) is 12.0 Å². The largest absolute Gasteiger partial charge is 0.505 e. The molecule has 2 fully saturated rings. The molecule has 0 radical (unpaired) electrons. The van der Waals surface area contributed by atoms with E-state index in [1.165, 1.54) is 12.1 Å². The molecule has 0 aliphatic carbocycles. The Morgan fingerprint density at radius 3 is 2.65 bits per heavy atom. The number of nitrogens with zero attached hydrogens (tertiary/aromatic N) is 2. The zero-order chi connectivity index (χ0) is 18.5. The second-order valence-corrected chi connectivity index (χ2v) is 7.32. The lowest BCUT2D eigenvalue weighted by Crippen LogP contribution is -2.49. The molecule has 1 aromatic carbocycles. The average Bonchev–Trinajstić information content (AvgIpc) is 2.65. The summed E-state index contributed by atoms with van der Waals surface area (Å²) in [5.74, 6) is -0.799. The van der Waals surface area contributed by atoms with Crippen molar-refractivity contribution in [2.24, 2.45) is 11.8 Å². The highest BCUT2D eigenvalue weighted by Crippen LogP contribution is 2.24. The van der Waals surface area contributed by atoms with Gasteiger partial charge in [0, 0.05) is 39.3 Å². The molecule has 7 heteroatoms. The van der Waals surface area contributed by atoms with Crippen molar-refractivity contribution in [3.05, 3.63) is 29.6 Å². The molecular formula is C19H27FN2O4. The molecule has 1 amide bonds. The normalized spacial score (nSPS) is 24.6. The van der Waals surface area contributed by atoms with E-state index in [2.05, 4.69) is 4.90 Å². The minimum atomic E-state index is -0.715. The highest BCUT2D eigenvalue weighted by Gasteiger charge is 2.31. The number of piperidine rings is 1. The van der Waals surface area contributed by atoms with Crippen LogP contribution in [0.5, 0.6) is 5.75 Å². The first-order valence-corrected chi connectivity index (χ1v) is 9.21. The van der Waals surface area contributed by atoms with Crippen molar-refractivity contribution in [1.29, 1.82) is 0 Å². The van der Waals surface area contributed by atoms with Crippen LogP contribution in [0.3, 0.4) is 0 Å². The van der Waals surface area contributed by atoms with Crippen molar-refractivity contribution < 1.29 is 24.1 Å². The first-order valence-electron chi connectivity index (χ1n) is 9.21. The number of aliphatic hydroxyl groups excluding tert-OH is 1. The SMILES string of the molecule is O=C(Cc1ccc(O)c(F)c1)N1CC(CO)CC(CN2CCOCC2)C1. The van der Waals surface area contributed by atoms with E-state index in [1.54, 1.807) is 11.0 Å². The van der Waals surface area contributed by atoms with Crippen molar-refractivity contribution in [2.75, 3.05) is 52.5 Å². The number of hydrogen-bond acceptors (Lipinski definition) is 5. The van der Waals surface area contributed by atoms with Crippen LogP contribution in [0.4, 0.5) is 4.39 Å². The number of carbonyl (C=O) groups is 1. The fourth-order valence-corrected chi connectivity index (χ4v) is 3.88. The van der Waals surface area contributed by atoms with Gasteiger partial charge in [-0.3, -0.25) is 9.69 Å². The lowest BCUT2D eigenvalue weighted by Gasteiger charge is -2.40. The van der Waals surface area contributed by atoms with Gasteiger partial charge in [-0.05, 0) is 36.0 Å². The van der Waals surface area contributed by atoms with Gasteiger partial charge < -0.3 is 19.8 Å². The Hall–Kier alpha value is -1.70. The van der Waals surface area contributed by atoms with Gasteiger partial charge in [-0.2, -0.15) is 0 Å². The van der Waals surface area contributed by atoms with Crippen molar-refractivity contribution >= 4 is 5.91 Å². The van der Waals surface area contributed by atoms with E-state index in [4.69, 9.17) is 4.74 Å². The number of likely N-dealkylation sites (tertiary alicyclic amines) is 1. The molecule has 1 aromatic rings. The lowest BCUT2D eigenvalue weighted by molar-refractivity contribution is -0.134. The summed E-state index contributed by atoms with van der Waals surface area (Å²) in [7, 11) is 0. The Morgan fingerprint density at radius 1 is 1.23 bits per heavy atom. The van der Waals surface area contributed by atoms with Crippen molar-refractivity contribution in [3.8, 4) is 5.75 Å². The number of phenols is 1. The molecule has 6 nitrogen and oxygen atoms in total. The maximum atomic E-state index is 13.5. The number of amides is 1. The Balaban J connectivity index is 1.61. The Labute approximate surface area is 153 Å². The molecule has 2 saturated heterocycles. The van der Waals surface area contributed by atoms with Crippen molar-refractivity contribution in [1.82, 2.24) is 9.80 Å². The summed E-state index contributed by atoms with van der Waals surface area (Å²) < 4.78 is 18.9. The van der Waals surface area contributed by atoms with Crippen molar-refractivity contribution in [3.63, 3.8) is 0 Å². The van der Waals surface area contributed by atoms with E-state index in [9.17, 15) is 19.4 Å². The van der Waals surface area contributed by atoms with Crippen LogP contribution in [0.2, 0.25) is 0 Å². The second-order valence-electron chi connectivity index (χ2n) is 7.32. The molecule has 0 aromatic heterocycles. The summed E-state index contributed by atoms with van der Waals surface area (Å²) in [5, 5.41) is 18.9. The molecule has 2 aliphatic rings. The molecule has 2 aliphatic heterocycles. The van der Waals surface area contributed by atoms with E-state index in [0.29, 0.717) is 24.6 Å². The molecule has 2 heterocycles. The zero-order valence-electron chi connectivity index (χ0n) is 14.9. The maximum absolute atomic E-state index is 13.5. The van der Waals surface area contributed by atoms with E-state index in [1.807, 2.05) is 0 Å². The third-order valence-electron chi connectivity index (χ3n) is 5.22. The first kappa shape index (κ1) is 19.1. The van der Waals surface area contributed by atoms with Gasteiger partial charge in [0.05, 0.1) is 19.6 Å². The highest BCUT2D eigenvalue weighted by molar-refractivity contribution is 5.79. The molecule has 26 heavy (non-hydrogen) atoms. The average molecular weight is 366 g/mol. The third-order valence-corrected chi connectivity index (χ3v) is 5.22. The second kappa shape index (κ2) is 8.79. The van der Waals surface area contributed by atoms with E-state index >= 15 is 0 Å². The fourth-order valence-electron chi connectivity index (χ4n) is 3.88.